The minimum atomic E-state index is -0.504. The van der Waals surface area contributed by atoms with Gasteiger partial charge in [-0.25, -0.2) is 9.37 Å². The predicted molar refractivity (Wildman–Crippen MR) is 137 cm³/mol. The van der Waals surface area contributed by atoms with Gasteiger partial charge in [-0.3, -0.25) is 4.98 Å². The van der Waals surface area contributed by atoms with Crippen LogP contribution in [-0.2, 0) is 0 Å². The van der Waals surface area contributed by atoms with E-state index >= 15 is 0 Å². The lowest BCUT2D eigenvalue weighted by Gasteiger charge is -2.22. The first kappa shape index (κ1) is 23.8. The molecule has 0 saturated carbocycles. The zero-order chi connectivity index (χ0) is 24.2. The van der Waals surface area contributed by atoms with Gasteiger partial charge in [0.1, 0.15) is 17.7 Å². The Balaban J connectivity index is 1.85. The number of aromatic amines is 1. The highest BCUT2D eigenvalue weighted by atomic mass is 35.5. The Morgan fingerprint density at radius 1 is 1.21 bits per heavy atom. The second-order valence-electron chi connectivity index (χ2n) is 7.90. The molecule has 0 aliphatic rings. The average molecular weight is 496 g/mol. The number of pyridine rings is 1. The molecule has 0 aliphatic carbocycles. The van der Waals surface area contributed by atoms with Gasteiger partial charge in [-0.15, -0.1) is 11.8 Å². The quantitative estimate of drug-likeness (QED) is 0.299. The molecule has 0 unspecified atom stereocenters. The number of benzene rings is 2. The molecule has 2 aromatic heterocycles. The van der Waals surface area contributed by atoms with Crippen molar-refractivity contribution in [1.82, 2.24) is 19.9 Å². The van der Waals surface area contributed by atoms with E-state index in [1.165, 1.54) is 12.1 Å². The highest BCUT2D eigenvalue weighted by molar-refractivity contribution is 7.99. The zero-order valence-corrected chi connectivity index (χ0v) is 20.5. The van der Waals surface area contributed by atoms with Crippen LogP contribution in [0.2, 0.25) is 5.02 Å². The van der Waals surface area contributed by atoms with Gasteiger partial charge in [-0.05, 0) is 44.4 Å². The molecule has 2 aromatic carbocycles. The SMILES string of the molecule is CN(C)CCSc1cc2ncc(C#N)c(Nc3ccc(F)c(Cl)c3)c2cc1N(C)c1cnc[nH]1. The van der Waals surface area contributed by atoms with E-state index in [0.717, 1.165) is 39.6 Å². The maximum absolute atomic E-state index is 13.7. The van der Waals surface area contributed by atoms with Crippen molar-refractivity contribution < 1.29 is 4.39 Å². The molecule has 10 heteroatoms. The molecule has 0 fully saturated rings. The van der Waals surface area contributed by atoms with Crippen LogP contribution < -0.4 is 10.2 Å². The fraction of sp³-hybridized carbons (Fsp3) is 0.208. The Kier molecular flexibility index (Phi) is 7.22. The van der Waals surface area contributed by atoms with Crippen molar-refractivity contribution in [3.8, 4) is 6.07 Å². The second kappa shape index (κ2) is 10.3. The summed E-state index contributed by atoms with van der Waals surface area (Å²) < 4.78 is 13.7. The summed E-state index contributed by atoms with van der Waals surface area (Å²) in [6.45, 7) is 0.925. The number of hydrogen-bond donors (Lipinski definition) is 2. The van der Waals surface area contributed by atoms with Crippen molar-refractivity contribution in [2.24, 2.45) is 0 Å². The summed E-state index contributed by atoms with van der Waals surface area (Å²) >= 11 is 7.71. The summed E-state index contributed by atoms with van der Waals surface area (Å²) in [5, 5.41) is 13.8. The summed E-state index contributed by atoms with van der Waals surface area (Å²) in [5.41, 5.74) is 3.21. The highest BCUT2D eigenvalue weighted by Gasteiger charge is 2.17. The largest absolute Gasteiger partial charge is 0.354 e. The third-order valence-electron chi connectivity index (χ3n) is 5.26. The van der Waals surface area contributed by atoms with E-state index in [4.69, 9.17) is 11.6 Å². The lowest BCUT2D eigenvalue weighted by molar-refractivity contribution is 0.437. The molecule has 0 aliphatic heterocycles. The number of H-pyrrole nitrogens is 1. The molecule has 174 valence electrons. The topological polar surface area (TPSA) is 83.9 Å². The van der Waals surface area contributed by atoms with Crippen molar-refractivity contribution in [3.63, 3.8) is 0 Å². The van der Waals surface area contributed by atoms with Gasteiger partial charge in [0.15, 0.2) is 0 Å². The van der Waals surface area contributed by atoms with Crippen LogP contribution in [0.3, 0.4) is 0 Å². The number of nitrogens with one attached hydrogen (secondary N) is 2. The Hall–Kier alpha value is -3.32. The first-order valence-electron chi connectivity index (χ1n) is 10.5. The first-order chi connectivity index (χ1) is 16.4. The Morgan fingerprint density at radius 2 is 2.03 bits per heavy atom. The van der Waals surface area contributed by atoms with Crippen LogP contribution in [0.4, 0.5) is 27.3 Å². The van der Waals surface area contributed by atoms with E-state index in [1.54, 1.807) is 36.5 Å². The molecule has 34 heavy (non-hydrogen) atoms. The Bertz CT molecular complexity index is 1350. The van der Waals surface area contributed by atoms with E-state index in [2.05, 4.69) is 31.2 Å². The molecular formula is C24H23ClFN7S. The number of anilines is 4. The minimum absolute atomic E-state index is 0.00103. The van der Waals surface area contributed by atoms with Gasteiger partial charge in [0.2, 0.25) is 0 Å². The van der Waals surface area contributed by atoms with Gasteiger partial charge < -0.3 is 20.1 Å². The van der Waals surface area contributed by atoms with Crippen molar-refractivity contribution in [3.05, 3.63) is 65.5 Å². The van der Waals surface area contributed by atoms with Crippen molar-refractivity contribution in [2.75, 3.05) is 43.7 Å². The molecule has 4 rings (SSSR count). The van der Waals surface area contributed by atoms with Gasteiger partial charge >= 0.3 is 0 Å². The highest BCUT2D eigenvalue weighted by Crippen LogP contribution is 2.39. The number of fused-ring (bicyclic) bond motifs is 1. The van der Waals surface area contributed by atoms with Gasteiger partial charge in [-0.2, -0.15) is 5.26 Å². The van der Waals surface area contributed by atoms with Crippen LogP contribution in [0, 0.1) is 17.1 Å². The molecule has 0 spiro atoms. The number of rotatable bonds is 8. The molecule has 0 bridgehead atoms. The van der Waals surface area contributed by atoms with Crippen LogP contribution in [0.25, 0.3) is 10.9 Å². The molecule has 4 aromatic rings. The standard InChI is InChI=1S/C24H23ClFN7S/c1-32(2)6-7-34-22-10-20-17(9-21(22)33(3)23-13-28-14-30-23)24(15(11-27)12-29-20)31-16-4-5-19(26)18(25)8-16/h4-5,8-10,12-14H,6-7H2,1-3H3,(H,28,30)(H,29,31). The maximum atomic E-state index is 13.7. The van der Waals surface area contributed by atoms with Crippen molar-refractivity contribution in [2.45, 2.75) is 4.90 Å². The lowest BCUT2D eigenvalue weighted by atomic mass is 10.1. The number of nitriles is 1. The monoisotopic (exact) mass is 495 g/mol. The average Bonchev–Trinajstić information content (AvgIpc) is 3.35. The third kappa shape index (κ3) is 5.09. The molecule has 0 atom stereocenters. The molecule has 7 nitrogen and oxygen atoms in total. The van der Waals surface area contributed by atoms with E-state index < -0.39 is 5.82 Å². The maximum Gasteiger partial charge on any atom is 0.141 e. The van der Waals surface area contributed by atoms with Crippen LogP contribution in [0.1, 0.15) is 5.56 Å². The Labute approximate surface area is 206 Å². The van der Waals surface area contributed by atoms with E-state index in [1.807, 2.05) is 38.2 Å². The smallest absolute Gasteiger partial charge is 0.141 e. The van der Waals surface area contributed by atoms with Crippen molar-refractivity contribution in [1.29, 1.82) is 5.26 Å². The molecular weight excluding hydrogens is 473 g/mol. The van der Waals surface area contributed by atoms with Crippen LogP contribution >= 0.6 is 23.4 Å². The van der Waals surface area contributed by atoms with E-state index in [0.29, 0.717) is 16.9 Å². The van der Waals surface area contributed by atoms with Crippen LogP contribution in [0.15, 0.2) is 53.9 Å². The summed E-state index contributed by atoms with van der Waals surface area (Å²) in [4.78, 5) is 17.0. The number of thioether (sulfide) groups is 1. The number of nitrogens with zero attached hydrogens (tertiary/aromatic N) is 5. The Morgan fingerprint density at radius 3 is 2.71 bits per heavy atom. The second-order valence-corrected chi connectivity index (χ2v) is 9.44. The van der Waals surface area contributed by atoms with E-state index in [-0.39, 0.29) is 5.02 Å². The fourth-order valence-corrected chi connectivity index (χ4v) is 4.82. The molecule has 0 amide bonds. The van der Waals surface area contributed by atoms with Crippen molar-refractivity contribution >= 4 is 57.1 Å². The number of hydrogen-bond acceptors (Lipinski definition) is 7. The summed E-state index contributed by atoms with van der Waals surface area (Å²) in [7, 11) is 6.05. The summed E-state index contributed by atoms with van der Waals surface area (Å²) in [6.07, 6.45) is 4.93. The third-order valence-corrected chi connectivity index (χ3v) is 6.57. The molecule has 2 heterocycles. The lowest BCUT2D eigenvalue weighted by Crippen LogP contribution is -2.15. The predicted octanol–water partition coefficient (Wildman–Crippen LogP) is 5.79. The van der Waals surface area contributed by atoms with Crippen LogP contribution in [-0.4, -0.2) is 53.3 Å². The van der Waals surface area contributed by atoms with Gasteiger partial charge in [0.25, 0.3) is 0 Å². The van der Waals surface area contributed by atoms with Gasteiger partial charge in [0.05, 0.1) is 40.0 Å². The fourth-order valence-electron chi connectivity index (χ4n) is 3.42. The molecule has 0 saturated heterocycles. The minimum Gasteiger partial charge on any atom is -0.354 e. The summed E-state index contributed by atoms with van der Waals surface area (Å²) in [5.74, 6) is 1.23. The number of aromatic nitrogens is 3. The van der Waals surface area contributed by atoms with Crippen LogP contribution in [0.5, 0.6) is 0 Å². The number of halogens is 2. The van der Waals surface area contributed by atoms with Gasteiger partial charge in [-0.1, -0.05) is 11.6 Å². The molecule has 2 N–H and O–H groups in total. The zero-order valence-electron chi connectivity index (χ0n) is 18.9. The summed E-state index contributed by atoms with van der Waals surface area (Å²) in [6, 6.07) is 10.6. The first-order valence-corrected chi connectivity index (χ1v) is 11.8. The number of imidazole rings is 1. The van der Waals surface area contributed by atoms with Gasteiger partial charge in [0, 0.05) is 41.5 Å². The van der Waals surface area contributed by atoms with E-state index in [9.17, 15) is 9.65 Å². The molecule has 0 radical (unpaired) electrons. The normalized spacial score (nSPS) is 11.1.